The molecule has 6 nitrogen and oxygen atoms in total. The van der Waals surface area contributed by atoms with E-state index in [0.29, 0.717) is 25.3 Å². The van der Waals surface area contributed by atoms with Crippen LogP contribution in [0.15, 0.2) is 53.5 Å². The molecule has 3 N–H and O–H groups in total. The number of benzene rings is 2. The molecule has 0 spiro atoms. The van der Waals surface area contributed by atoms with E-state index in [9.17, 15) is 13.2 Å². The topological polar surface area (TPSA) is 72.1 Å². The lowest BCUT2D eigenvalue weighted by molar-refractivity contribution is -0.274. The predicted octanol–water partition coefficient (Wildman–Crippen LogP) is 4.03. The second kappa shape index (κ2) is 10.9. The van der Waals surface area contributed by atoms with Crippen molar-refractivity contribution in [2.45, 2.75) is 25.6 Å². The molecule has 0 aromatic heterocycles. The van der Waals surface area contributed by atoms with Gasteiger partial charge in [0.25, 0.3) is 0 Å². The van der Waals surface area contributed by atoms with Crippen LogP contribution >= 0.6 is 0 Å². The zero-order chi connectivity index (χ0) is 22.1. The van der Waals surface area contributed by atoms with Crippen molar-refractivity contribution in [3.63, 3.8) is 0 Å². The largest absolute Gasteiger partial charge is 0.573 e. The molecule has 31 heavy (non-hydrogen) atoms. The third kappa shape index (κ3) is 8.37. The molecule has 9 heteroatoms. The molecule has 1 heterocycles. The van der Waals surface area contributed by atoms with Gasteiger partial charge in [-0.15, -0.1) is 13.2 Å². The first kappa shape index (κ1) is 22.7. The summed E-state index contributed by atoms with van der Waals surface area (Å²) < 4.78 is 46.2. The summed E-state index contributed by atoms with van der Waals surface area (Å²) in [6.07, 6.45) is -1.46. The maximum atomic E-state index is 12.2. The first-order valence-electron chi connectivity index (χ1n) is 10.2. The van der Waals surface area contributed by atoms with Gasteiger partial charge in [-0.25, -0.2) is 0 Å². The van der Waals surface area contributed by atoms with Gasteiger partial charge in [0.15, 0.2) is 5.96 Å². The summed E-state index contributed by atoms with van der Waals surface area (Å²) in [6.45, 7) is 4.45. The Balaban J connectivity index is 1.38. The van der Waals surface area contributed by atoms with Crippen molar-refractivity contribution in [1.29, 1.82) is 0 Å². The van der Waals surface area contributed by atoms with Crippen LogP contribution in [0.4, 0.5) is 18.9 Å². The summed E-state index contributed by atoms with van der Waals surface area (Å²) in [5.41, 5.74) is 7.47. The van der Waals surface area contributed by atoms with Crippen LogP contribution in [0.3, 0.4) is 0 Å². The molecule has 0 atom stereocenters. The summed E-state index contributed by atoms with van der Waals surface area (Å²) in [5.74, 6) is 0.744. The van der Waals surface area contributed by atoms with Gasteiger partial charge in [-0.05, 0) is 74.3 Å². The molecule has 2 aromatic carbocycles. The molecule has 0 saturated carbocycles. The third-order valence-corrected chi connectivity index (χ3v) is 4.84. The van der Waals surface area contributed by atoms with Crippen molar-refractivity contribution in [3.05, 3.63) is 54.1 Å². The number of nitrogens with two attached hydrogens (primary N) is 1. The fourth-order valence-electron chi connectivity index (χ4n) is 3.28. The van der Waals surface area contributed by atoms with E-state index < -0.39 is 6.36 Å². The highest BCUT2D eigenvalue weighted by molar-refractivity contribution is 5.92. The molecule has 2 aromatic rings. The summed E-state index contributed by atoms with van der Waals surface area (Å²) in [4.78, 5) is 6.66. The van der Waals surface area contributed by atoms with Crippen LogP contribution in [0.2, 0.25) is 0 Å². The van der Waals surface area contributed by atoms with Gasteiger partial charge >= 0.3 is 6.36 Å². The molecule has 1 aliphatic heterocycles. The number of aliphatic imine (C=N–C) groups is 1. The van der Waals surface area contributed by atoms with Crippen LogP contribution in [-0.2, 0) is 6.42 Å². The summed E-state index contributed by atoms with van der Waals surface area (Å²) in [7, 11) is 0. The Labute approximate surface area is 179 Å². The summed E-state index contributed by atoms with van der Waals surface area (Å²) >= 11 is 0. The smallest absolute Gasteiger partial charge is 0.492 e. The Hall–Kier alpha value is -2.94. The molecule has 0 bridgehead atoms. The highest BCUT2D eigenvalue weighted by atomic mass is 19.4. The number of nitrogens with zero attached hydrogens (tertiary/aromatic N) is 2. The molecular formula is C22H27F3N4O2. The maximum absolute atomic E-state index is 12.2. The van der Waals surface area contributed by atoms with Crippen molar-refractivity contribution in [2.24, 2.45) is 10.7 Å². The number of likely N-dealkylation sites (tertiary alicyclic amines) is 1. The van der Waals surface area contributed by atoms with Crippen LogP contribution in [-0.4, -0.2) is 50.0 Å². The standard InChI is InChI=1S/C22H27F3N4O2/c23-22(24,25)31-20-9-5-18(6-10-20)28-21(26)27-12-11-17-3-7-19(8-4-17)30-16-15-29-13-1-2-14-29/h3-10H,1-2,11-16H2,(H3,26,27,28). The number of alkyl halides is 3. The fraction of sp³-hybridized carbons (Fsp3) is 0.409. The Morgan fingerprint density at radius 3 is 2.29 bits per heavy atom. The monoisotopic (exact) mass is 436 g/mol. The van der Waals surface area contributed by atoms with Gasteiger partial charge in [0, 0.05) is 18.8 Å². The lowest BCUT2D eigenvalue weighted by Crippen LogP contribution is -2.25. The van der Waals surface area contributed by atoms with Crippen LogP contribution in [0.25, 0.3) is 0 Å². The van der Waals surface area contributed by atoms with Crippen LogP contribution in [0.1, 0.15) is 18.4 Å². The van der Waals surface area contributed by atoms with Crippen LogP contribution < -0.4 is 20.5 Å². The number of halogens is 3. The number of anilines is 1. The SMILES string of the molecule is NC(=NCCc1ccc(OCCN2CCCC2)cc1)Nc1ccc(OC(F)(F)F)cc1. The van der Waals surface area contributed by atoms with Gasteiger partial charge in [0.1, 0.15) is 18.1 Å². The number of rotatable bonds is 9. The van der Waals surface area contributed by atoms with E-state index in [2.05, 4.69) is 19.9 Å². The second-order valence-corrected chi connectivity index (χ2v) is 7.26. The molecule has 0 unspecified atom stereocenters. The van der Waals surface area contributed by atoms with Gasteiger partial charge < -0.3 is 20.5 Å². The van der Waals surface area contributed by atoms with Gasteiger partial charge in [0.2, 0.25) is 0 Å². The van der Waals surface area contributed by atoms with Crippen LogP contribution in [0, 0.1) is 0 Å². The minimum Gasteiger partial charge on any atom is -0.492 e. The fourth-order valence-corrected chi connectivity index (χ4v) is 3.28. The molecule has 0 aliphatic carbocycles. The molecule has 0 amide bonds. The lowest BCUT2D eigenvalue weighted by atomic mass is 10.1. The quantitative estimate of drug-likeness (QED) is 0.459. The van der Waals surface area contributed by atoms with Gasteiger partial charge in [-0.1, -0.05) is 12.1 Å². The number of hydrogen-bond acceptors (Lipinski definition) is 4. The van der Waals surface area contributed by atoms with Crippen molar-refractivity contribution in [3.8, 4) is 11.5 Å². The zero-order valence-corrected chi connectivity index (χ0v) is 17.2. The average molecular weight is 436 g/mol. The van der Waals surface area contributed by atoms with Gasteiger partial charge in [-0.2, -0.15) is 0 Å². The molecule has 1 aliphatic rings. The van der Waals surface area contributed by atoms with E-state index in [1.807, 2.05) is 24.3 Å². The first-order valence-corrected chi connectivity index (χ1v) is 10.2. The Morgan fingerprint density at radius 1 is 1.00 bits per heavy atom. The Bertz CT molecular complexity index is 833. The minimum absolute atomic E-state index is 0.186. The number of nitrogens with one attached hydrogen (secondary N) is 1. The van der Waals surface area contributed by atoms with Crippen molar-refractivity contribution in [2.75, 3.05) is 38.1 Å². The van der Waals surface area contributed by atoms with Crippen molar-refractivity contribution < 1.29 is 22.6 Å². The second-order valence-electron chi connectivity index (χ2n) is 7.26. The average Bonchev–Trinajstić information content (AvgIpc) is 3.23. The Morgan fingerprint density at radius 2 is 1.65 bits per heavy atom. The minimum atomic E-state index is -4.71. The van der Waals surface area contributed by atoms with E-state index in [1.54, 1.807) is 0 Å². The Kier molecular flexibility index (Phi) is 8.00. The molecule has 3 rings (SSSR count). The molecule has 1 saturated heterocycles. The molecule has 168 valence electrons. The molecule has 0 radical (unpaired) electrons. The van der Waals surface area contributed by atoms with E-state index >= 15 is 0 Å². The van der Waals surface area contributed by atoms with Gasteiger partial charge in [0.05, 0.1) is 0 Å². The number of ether oxygens (including phenoxy) is 2. The predicted molar refractivity (Wildman–Crippen MR) is 115 cm³/mol. The van der Waals surface area contributed by atoms with E-state index in [1.165, 1.54) is 50.2 Å². The summed E-state index contributed by atoms with van der Waals surface area (Å²) in [5, 5.41) is 2.84. The highest BCUT2D eigenvalue weighted by Crippen LogP contribution is 2.23. The number of guanidine groups is 1. The zero-order valence-electron chi connectivity index (χ0n) is 17.2. The normalized spacial score (nSPS) is 15.1. The highest BCUT2D eigenvalue weighted by Gasteiger charge is 2.30. The maximum Gasteiger partial charge on any atom is 0.573 e. The van der Waals surface area contributed by atoms with E-state index in [0.717, 1.165) is 17.9 Å². The molecule has 1 fully saturated rings. The van der Waals surface area contributed by atoms with E-state index in [4.69, 9.17) is 10.5 Å². The lowest BCUT2D eigenvalue weighted by Gasteiger charge is -2.15. The summed E-state index contributed by atoms with van der Waals surface area (Å²) in [6, 6.07) is 13.2. The van der Waals surface area contributed by atoms with E-state index in [-0.39, 0.29) is 11.7 Å². The molecular weight excluding hydrogens is 409 g/mol. The van der Waals surface area contributed by atoms with Crippen LogP contribution in [0.5, 0.6) is 11.5 Å². The third-order valence-electron chi connectivity index (χ3n) is 4.84. The van der Waals surface area contributed by atoms with Crippen molar-refractivity contribution >= 4 is 11.6 Å². The van der Waals surface area contributed by atoms with Crippen molar-refractivity contribution in [1.82, 2.24) is 4.90 Å². The van der Waals surface area contributed by atoms with Gasteiger partial charge in [-0.3, -0.25) is 9.89 Å². The number of hydrogen-bond donors (Lipinski definition) is 2. The first-order chi connectivity index (χ1) is 14.9.